The van der Waals surface area contributed by atoms with Crippen molar-refractivity contribution in [1.82, 2.24) is 0 Å². The number of furan rings is 3. The molecule has 2 aliphatic carbocycles. The number of para-hydroxylation sites is 6. The molecule has 0 saturated heterocycles. The molecule has 78 heavy (non-hydrogen) atoms. The molecular weight excluding hydrogens is 953 g/mol. The number of aryl methyl sites for hydroxylation is 1. The molecule has 0 atom stereocenters. The van der Waals surface area contributed by atoms with Crippen molar-refractivity contribution in [3.8, 4) is 11.1 Å². The molecule has 0 radical (unpaired) electrons. The molecule has 3 aromatic heterocycles. The van der Waals surface area contributed by atoms with Crippen molar-refractivity contribution >= 4 is 132 Å². The van der Waals surface area contributed by atoms with Crippen LogP contribution in [0.4, 0.5) is 34.1 Å². The van der Waals surface area contributed by atoms with Crippen LogP contribution in [0.1, 0.15) is 67.9 Å². The van der Waals surface area contributed by atoms with E-state index in [1.54, 1.807) is 0 Å². The van der Waals surface area contributed by atoms with E-state index in [0.29, 0.717) is 0 Å². The van der Waals surface area contributed by atoms with E-state index >= 15 is 0 Å². The van der Waals surface area contributed by atoms with Gasteiger partial charge in [0.2, 0.25) is 0 Å². The maximum absolute atomic E-state index is 7.06. The number of benzene rings is 12. The van der Waals surface area contributed by atoms with Crippen LogP contribution >= 0.6 is 0 Å². The minimum absolute atomic E-state index is 0.117. The van der Waals surface area contributed by atoms with Gasteiger partial charge in [-0.2, -0.15) is 0 Å². The molecule has 0 saturated carbocycles. The van der Waals surface area contributed by atoms with E-state index in [2.05, 4.69) is 238 Å². The van der Waals surface area contributed by atoms with Gasteiger partial charge in [-0.05, 0) is 140 Å². The quantitative estimate of drug-likeness (QED) is 0.149. The molecule has 0 bridgehead atoms. The average molecular weight is 1010 g/mol. The predicted molar refractivity (Wildman–Crippen MR) is 325 cm³/mol. The Hall–Kier alpha value is -9.32. The molecule has 2 aliphatic rings. The highest BCUT2D eigenvalue weighted by Crippen LogP contribution is 2.57. The summed E-state index contributed by atoms with van der Waals surface area (Å²) in [6.07, 6.45) is 2.79. The van der Waals surface area contributed by atoms with Crippen molar-refractivity contribution in [2.45, 2.75) is 58.3 Å². The summed E-state index contributed by atoms with van der Waals surface area (Å²) in [5, 5.41) is 14.2. The van der Waals surface area contributed by atoms with Crippen molar-refractivity contribution in [2.24, 2.45) is 0 Å². The summed E-state index contributed by atoms with van der Waals surface area (Å²) in [7, 11) is 0. The highest BCUT2D eigenvalue weighted by Gasteiger charge is 2.36. The van der Waals surface area contributed by atoms with Crippen LogP contribution in [0.2, 0.25) is 0 Å². The fourth-order valence-electron chi connectivity index (χ4n) is 14.2. The van der Waals surface area contributed by atoms with Crippen LogP contribution in [-0.4, -0.2) is 0 Å². The fourth-order valence-corrected chi connectivity index (χ4v) is 14.2. The minimum atomic E-state index is -0.117. The number of rotatable bonds is 7. The monoisotopic (exact) mass is 1000 g/mol. The Morgan fingerprint density at radius 3 is 1.47 bits per heavy atom. The SMILES string of the molecule is CC(C)c1cc(N(c2cccc3c2Cc2ccccc2-3)c2cccc3c2oc2ccccc23)c2cc3c4c(cc(N(c5cccc6c5oc5ccccc56)c5cccc6c5oc5ccccc56)c5ccc1c2c54)CCC3(C)C. The molecule has 0 N–H and O–H groups in total. The van der Waals surface area contributed by atoms with Crippen molar-refractivity contribution in [3.63, 3.8) is 0 Å². The second-order valence-electron chi connectivity index (χ2n) is 22.9. The number of fused-ring (bicyclic) bond motifs is 12. The standard InChI is InChI=1S/C73H52N2O3/c1-41(2)54-40-63(74(58-26-13-22-45-44-18-6-5-17-42(44)37-55(45)58)59-27-14-23-50-46-19-7-10-30-64(46)76-70(50)59)56-39-57-67-43(35-36-73(57,3)4)38-62(53-34-33-49(54)68(56)69(53)67)75(60-28-15-24-51-47-20-8-11-31-65(47)77-71(51)60)61-29-16-25-52-48-21-9-12-32-66(48)78-72(52)61/h5-34,38-41H,35-37H2,1-4H3. The number of hydrogen-bond donors (Lipinski definition) is 0. The highest BCUT2D eigenvalue weighted by molar-refractivity contribution is 6.31. The summed E-state index contributed by atoms with van der Waals surface area (Å²) in [5.41, 5.74) is 20.7. The molecule has 0 amide bonds. The molecule has 5 nitrogen and oxygen atoms in total. The molecule has 12 aromatic carbocycles. The van der Waals surface area contributed by atoms with Crippen molar-refractivity contribution in [2.75, 3.05) is 9.80 Å². The Morgan fingerprint density at radius 1 is 0.385 bits per heavy atom. The van der Waals surface area contributed by atoms with Crippen LogP contribution in [0, 0.1) is 0 Å². The first-order chi connectivity index (χ1) is 38.3. The van der Waals surface area contributed by atoms with Crippen LogP contribution in [0.15, 0.2) is 213 Å². The molecule has 17 rings (SSSR count). The zero-order valence-corrected chi connectivity index (χ0v) is 43.9. The summed E-state index contributed by atoms with van der Waals surface area (Å²) >= 11 is 0. The second kappa shape index (κ2) is 15.9. The summed E-state index contributed by atoms with van der Waals surface area (Å²) < 4.78 is 21.1. The van der Waals surface area contributed by atoms with Gasteiger partial charge in [0.25, 0.3) is 0 Å². The van der Waals surface area contributed by atoms with E-state index in [1.807, 2.05) is 0 Å². The van der Waals surface area contributed by atoms with Crippen molar-refractivity contribution < 1.29 is 13.3 Å². The highest BCUT2D eigenvalue weighted by atomic mass is 16.3. The largest absolute Gasteiger partial charge is 0.454 e. The summed E-state index contributed by atoms with van der Waals surface area (Å²) in [5.74, 6) is 0.207. The maximum Gasteiger partial charge on any atom is 0.159 e. The van der Waals surface area contributed by atoms with Gasteiger partial charge in [-0.1, -0.05) is 167 Å². The molecule has 372 valence electrons. The lowest BCUT2D eigenvalue weighted by Gasteiger charge is -2.37. The zero-order valence-electron chi connectivity index (χ0n) is 43.9. The Balaban J connectivity index is 1.03. The van der Waals surface area contributed by atoms with E-state index in [0.717, 1.165) is 114 Å². The van der Waals surface area contributed by atoms with E-state index in [1.165, 1.54) is 76.9 Å². The predicted octanol–water partition coefficient (Wildman–Crippen LogP) is 21.1. The number of anilines is 6. The third-order valence-corrected chi connectivity index (χ3v) is 17.9. The summed E-state index contributed by atoms with van der Waals surface area (Å²) in [4.78, 5) is 5.04. The molecule has 0 aliphatic heterocycles. The summed E-state index contributed by atoms with van der Waals surface area (Å²) in [6, 6.07) is 73.6. The van der Waals surface area contributed by atoms with Gasteiger partial charge in [0.1, 0.15) is 16.7 Å². The van der Waals surface area contributed by atoms with Crippen LogP contribution in [-0.2, 0) is 18.3 Å². The van der Waals surface area contributed by atoms with Crippen LogP contribution in [0.3, 0.4) is 0 Å². The molecule has 0 fully saturated rings. The second-order valence-corrected chi connectivity index (χ2v) is 22.9. The smallest absolute Gasteiger partial charge is 0.159 e. The van der Waals surface area contributed by atoms with Crippen LogP contribution in [0.5, 0.6) is 0 Å². The Bertz CT molecular complexity index is 4930. The Kier molecular flexibility index (Phi) is 8.93. The zero-order chi connectivity index (χ0) is 51.7. The van der Waals surface area contributed by atoms with E-state index in [9.17, 15) is 0 Å². The normalized spacial score (nSPS) is 14.0. The molecule has 0 unspecified atom stereocenters. The summed E-state index contributed by atoms with van der Waals surface area (Å²) in [6.45, 7) is 9.63. The minimum Gasteiger partial charge on any atom is -0.454 e. The topological polar surface area (TPSA) is 45.9 Å². The molecular formula is C73H52N2O3. The van der Waals surface area contributed by atoms with Crippen LogP contribution in [0.25, 0.3) is 109 Å². The number of hydrogen-bond acceptors (Lipinski definition) is 5. The van der Waals surface area contributed by atoms with Gasteiger partial charge >= 0.3 is 0 Å². The van der Waals surface area contributed by atoms with Gasteiger partial charge < -0.3 is 23.1 Å². The van der Waals surface area contributed by atoms with Gasteiger partial charge in [0, 0.05) is 54.9 Å². The van der Waals surface area contributed by atoms with Crippen LogP contribution < -0.4 is 9.80 Å². The van der Waals surface area contributed by atoms with Gasteiger partial charge in [0.05, 0.1) is 34.1 Å². The van der Waals surface area contributed by atoms with Crippen molar-refractivity contribution in [3.05, 3.63) is 228 Å². The van der Waals surface area contributed by atoms with Gasteiger partial charge in [0.15, 0.2) is 16.7 Å². The fraction of sp³-hybridized carbons (Fsp3) is 0.123. The van der Waals surface area contributed by atoms with Gasteiger partial charge in [-0.25, -0.2) is 0 Å². The van der Waals surface area contributed by atoms with Crippen molar-refractivity contribution in [1.29, 1.82) is 0 Å². The molecule has 0 spiro atoms. The number of nitrogens with zero attached hydrogens (tertiary/aromatic N) is 2. The first-order valence-electron chi connectivity index (χ1n) is 27.6. The van der Waals surface area contributed by atoms with E-state index in [4.69, 9.17) is 13.3 Å². The first-order valence-corrected chi connectivity index (χ1v) is 27.6. The third kappa shape index (κ3) is 5.96. The van der Waals surface area contributed by atoms with Gasteiger partial charge in [-0.15, -0.1) is 0 Å². The maximum atomic E-state index is 7.06. The lowest BCUT2D eigenvalue weighted by molar-refractivity contribution is 0.475. The Morgan fingerprint density at radius 2 is 0.872 bits per heavy atom. The molecule has 15 aromatic rings. The van der Waals surface area contributed by atoms with Gasteiger partial charge in [-0.3, -0.25) is 0 Å². The van der Waals surface area contributed by atoms with E-state index < -0.39 is 0 Å². The third-order valence-electron chi connectivity index (χ3n) is 17.9. The van der Waals surface area contributed by atoms with E-state index in [-0.39, 0.29) is 11.3 Å². The molecule has 5 heteroatoms. The molecule has 3 heterocycles. The average Bonchev–Trinajstić information content (AvgIpc) is 3.77. The lowest BCUT2D eigenvalue weighted by Crippen LogP contribution is -2.24. The first kappa shape index (κ1) is 43.9. The Labute approximate surface area is 450 Å². The lowest BCUT2D eigenvalue weighted by atomic mass is 9.70.